The second kappa shape index (κ2) is 8.97. The summed E-state index contributed by atoms with van der Waals surface area (Å²) >= 11 is 0. The molecule has 0 saturated heterocycles. The minimum absolute atomic E-state index is 0.209. The average Bonchev–Trinajstić information content (AvgIpc) is 2.73. The maximum Gasteiger partial charge on any atom is 0.264 e. The summed E-state index contributed by atoms with van der Waals surface area (Å²) in [6, 6.07) is 12.5. The van der Waals surface area contributed by atoms with Crippen LogP contribution in [0.25, 0.3) is 0 Å². The third kappa shape index (κ3) is 4.62. The van der Waals surface area contributed by atoms with E-state index in [0.717, 1.165) is 24.1 Å². The molecule has 3 rings (SSSR count). The summed E-state index contributed by atoms with van der Waals surface area (Å²) in [6.07, 6.45) is 0.887. The highest BCUT2D eigenvalue weighted by molar-refractivity contribution is 7.92. The maximum atomic E-state index is 13.6. The molecule has 0 bridgehead atoms. The van der Waals surface area contributed by atoms with Gasteiger partial charge in [-0.2, -0.15) is 0 Å². The lowest BCUT2D eigenvalue weighted by molar-refractivity contribution is -0.129. The van der Waals surface area contributed by atoms with Crippen LogP contribution in [0, 0.1) is 6.92 Å². The lowest BCUT2D eigenvalue weighted by Crippen LogP contribution is -2.43. The molecular weight excluding hydrogens is 386 g/mol. The molecule has 0 spiro atoms. The van der Waals surface area contributed by atoms with Crippen LogP contribution >= 0.6 is 0 Å². The van der Waals surface area contributed by atoms with Crippen LogP contribution in [0.15, 0.2) is 47.4 Å². The van der Waals surface area contributed by atoms with Crippen molar-refractivity contribution in [3.8, 4) is 0 Å². The number of sulfonamides is 1. The number of nitrogens with zero attached hydrogens (tertiary/aromatic N) is 2. The van der Waals surface area contributed by atoms with Crippen LogP contribution in [-0.4, -0.2) is 45.4 Å². The molecule has 6 nitrogen and oxygen atoms in total. The van der Waals surface area contributed by atoms with Gasteiger partial charge in [-0.25, -0.2) is 8.42 Å². The third-order valence-corrected chi connectivity index (χ3v) is 7.14. The number of hydrogen-bond donors (Lipinski definition) is 1. The largest absolute Gasteiger partial charge is 0.342 e. The summed E-state index contributed by atoms with van der Waals surface area (Å²) in [4.78, 5) is 14.6. The number of amides is 1. The number of fused-ring (bicyclic) bond motifs is 1. The highest BCUT2D eigenvalue weighted by Crippen LogP contribution is 2.26. The van der Waals surface area contributed by atoms with Crippen LogP contribution in [0.3, 0.4) is 0 Å². The van der Waals surface area contributed by atoms with E-state index in [2.05, 4.69) is 5.32 Å². The van der Waals surface area contributed by atoms with Crippen molar-refractivity contribution < 1.29 is 13.2 Å². The van der Waals surface area contributed by atoms with Gasteiger partial charge in [-0.1, -0.05) is 23.8 Å². The van der Waals surface area contributed by atoms with Crippen molar-refractivity contribution >= 4 is 21.6 Å². The number of hydrogen-bond acceptors (Lipinski definition) is 4. The van der Waals surface area contributed by atoms with Gasteiger partial charge in [0.25, 0.3) is 10.0 Å². The van der Waals surface area contributed by atoms with Gasteiger partial charge in [0, 0.05) is 19.6 Å². The quantitative estimate of drug-likeness (QED) is 0.755. The van der Waals surface area contributed by atoms with Gasteiger partial charge in [-0.3, -0.25) is 9.10 Å². The Balaban J connectivity index is 2.02. The summed E-state index contributed by atoms with van der Waals surface area (Å²) in [6.45, 7) is 8.14. The predicted octanol–water partition coefficient (Wildman–Crippen LogP) is 2.70. The zero-order valence-corrected chi connectivity index (χ0v) is 18.1. The molecule has 7 heteroatoms. The first kappa shape index (κ1) is 21.3. The number of likely N-dealkylation sites (N-methyl/N-ethyl adjacent to an activating group) is 1. The van der Waals surface area contributed by atoms with Crippen LogP contribution in [0.4, 0.5) is 5.69 Å². The molecule has 1 N–H and O–H groups in total. The summed E-state index contributed by atoms with van der Waals surface area (Å²) in [5, 5.41) is 3.28. The Morgan fingerprint density at radius 1 is 1.03 bits per heavy atom. The Morgan fingerprint density at radius 3 is 2.38 bits per heavy atom. The van der Waals surface area contributed by atoms with Gasteiger partial charge in [0.15, 0.2) is 0 Å². The van der Waals surface area contributed by atoms with E-state index in [4.69, 9.17) is 0 Å². The summed E-state index contributed by atoms with van der Waals surface area (Å²) in [7, 11) is -3.89. The van der Waals surface area contributed by atoms with E-state index in [1.807, 2.05) is 39.0 Å². The fourth-order valence-corrected chi connectivity index (χ4v) is 5.04. The fourth-order valence-electron chi connectivity index (χ4n) is 3.57. The second-order valence-electron chi connectivity index (χ2n) is 7.27. The minimum Gasteiger partial charge on any atom is -0.342 e. The van der Waals surface area contributed by atoms with Crippen LogP contribution in [0.2, 0.25) is 0 Å². The molecule has 0 radical (unpaired) electrons. The number of carbonyl (C=O) groups excluding carboxylic acids is 1. The molecule has 1 amide bonds. The molecule has 0 atom stereocenters. The van der Waals surface area contributed by atoms with Crippen LogP contribution in [-0.2, 0) is 27.8 Å². The van der Waals surface area contributed by atoms with Gasteiger partial charge in [-0.05, 0) is 69.1 Å². The number of benzene rings is 2. The van der Waals surface area contributed by atoms with Crippen LogP contribution in [0.1, 0.15) is 30.5 Å². The van der Waals surface area contributed by atoms with E-state index in [-0.39, 0.29) is 17.3 Å². The Morgan fingerprint density at radius 2 is 1.72 bits per heavy atom. The number of nitrogens with one attached hydrogen (secondary N) is 1. The molecule has 29 heavy (non-hydrogen) atoms. The molecule has 0 aromatic heterocycles. The first-order valence-electron chi connectivity index (χ1n) is 10.1. The van der Waals surface area contributed by atoms with Crippen molar-refractivity contribution in [1.82, 2.24) is 10.2 Å². The van der Waals surface area contributed by atoms with Gasteiger partial charge < -0.3 is 10.2 Å². The van der Waals surface area contributed by atoms with Crippen molar-refractivity contribution in [2.45, 2.75) is 38.6 Å². The summed E-state index contributed by atoms with van der Waals surface area (Å²) in [5.41, 5.74) is 3.69. The molecule has 0 aliphatic carbocycles. The van der Waals surface area contributed by atoms with E-state index in [0.29, 0.717) is 25.3 Å². The average molecular weight is 416 g/mol. The van der Waals surface area contributed by atoms with Crippen LogP contribution < -0.4 is 9.62 Å². The molecule has 156 valence electrons. The van der Waals surface area contributed by atoms with Gasteiger partial charge in [0.1, 0.15) is 6.54 Å². The van der Waals surface area contributed by atoms with Crippen molar-refractivity contribution in [2.75, 3.05) is 30.5 Å². The van der Waals surface area contributed by atoms with Crippen molar-refractivity contribution in [3.63, 3.8) is 0 Å². The first-order valence-corrected chi connectivity index (χ1v) is 11.5. The smallest absolute Gasteiger partial charge is 0.264 e. The van der Waals surface area contributed by atoms with Gasteiger partial charge in [-0.15, -0.1) is 0 Å². The fraction of sp³-hybridized carbons (Fsp3) is 0.409. The third-order valence-electron chi connectivity index (χ3n) is 5.37. The standard InChI is InChI=1S/C22H29N3O3S/c1-4-24(5-2)22(26)16-25(20-9-6-17(3)7-10-20)29(27,28)21-11-8-18-12-13-23-15-19(18)14-21/h6-11,14,23H,4-5,12-13,15-16H2,1-3H3. The van der Waals surface area contributed by atoms with E-state index < -0.39 is 10.0 Å². The molecule has 1 aliphatic rings. The van der Waals surface area contributed by atoms with Crippen molar-refractivity contribution in [3.05, 3.63) is 59.2 Å². The Hall–Kier alpha value is -2.38. The first-order chi connectivity index (χ1) is 13.9. The Labute approximate surface area is 173 Å². The van der Waals surface area contributed by atoms with Crippen molar-refractivity contribution in [1.29, 1.82) is 0 Å². The number of rotatable bonds is 7. The van der Waals surface area contributed by atoms with Gasteiger partial charge in [0.2, 0.25) is 5.91 Å². The SMILES string of the molecule is CCN(CC)C(=O)CN(c1ccc(C)cc1)S(=O)(=O)c1ccc2c(c1)CNCC2. The van der Waals surface area contributed by atoms with Crippen molar-refractivity contribution in [2.24, 2.45) is 0 Å². The lowest BCUT2D eigenvalue weighted by atomic mass is 10.0. The number of aryl methyl sites for hydroxylation is 1. The maximum absolute atomic E-state index is 13.6. The zero-order valence-electron chi connectivity index (χ0n) is 17.3. The highest BCUT2D eigenvalue weighted by atomic mass is 32.2. The summed E-state index contributed by atoms with van der Waals surface area (Å²) in [5.74, 6) is -0.209. The predicted molar refractivity (Wildman–Crippen MR) is 115 cm³/mol. The van der Waals surface area contributed by atoms with E-state index in [1.165, 1.54) is 9.87 Å². The van der Waals surface area contributed by atoms with Gasteiger partial charge >= 0.3 is 0 Å². The molecule has 2 aromatic rings. The Bertz CT molecular complexity index is 967. The van der Waals surface area contributed by atoms with Crippen LogP contribution in [0.5, 0.6) is 0 Å². The summed E-state index contributed by atoms with van der Waals surface area (Å²) < 4.78 is 28.4. The number of anilines is 1. The molecule has 0 unspecified atom stereocenters. The van der Waals surface area contributed by atoms with Gasteiger partial charge in [0.05, 0.1) is 10.6 Å². The molecule has 0 saturated carbocycles. The monoisotopic (exact) mass is 415 g/mol. The highest BCUT2D eigenvalue weighted by Gasteiger charge is 2.29. The van der Waals surface area contributed by atoms with E-state index >= 15 is 0 Å². The zero-order chi connectivity index (χ0) is 21.0. The molecule has 1 aliphatic heterocycles. The Kier molecular flexibility index (Phi) is 6.59. The molecule has 2 aromatic carbocycles. The molecule has 1 heterocycles. The van der Waals surface area contributed by atoms with E-state index in [1.54, 1.807) is 29.2 Å². The lowest BCUT2D eigenvalue weighted by Gasteiger charge is -2.28. The molecule has 0 fully saturated rings. The normalized spacial score (nSPS) is 13.6. The number of carbonyl (C=O) groups is 1. The topological polar surface area (TPSA) is 69.7 Å². The second-order valence-corrected chi connectivity index (χ2v) is 9.13. The van der Waals surface area contributed by atoms with E-state index in [9.17, 15) is 13.2 Å². The molecular formula is C22H29N3O3S. The minimum atomic E-state index is -3.89.